The van der Waals surface area contributed by atoms with Gasteiger partial charge in [0.2, 0.25) is 53.2 Å². The molecule has 10 atom stereocenters. The second-order valence-corrected chi connectivity index (χ2v) is 22.7. The van der Waals surface area contributed by atoms with Crippen molar-refractivity contribution in [1.29, 1.82) is 0 Å². The number of hydrogen-bond acceptors (Lipinski definition) is 14. The van der Waals surface area contributed by atoms with Crippen molar-refractivity contribution >= 4 is 87.8 Å². The van der Waals surface area contributed by atoms with Crippen molar-refractivity contribution in [2.75, 3.05) is 12.0 Å². The Hall–Kier alpha value is -8.52. The predicted octanol–water partition coefficient (Wildman–Crippen LogP) is 1.04. The fourth-order valence-corrected chi connectivity index (χ4v) is 9.59. The zero-order valence-corrected chi connectivity index (χ0v) is 49.6. The first-order valence-electron chi connectivity index (χ1n) is 28.0. The van der Waals surface area contributed by atoms with Crippen LogP contribution >= 0.6 is 11.8 Å². The molecule has 26 heteroatoms. The van der Waals surface area contributed by atoms with Crippen LogP contribution in [0.4, 0.5) is 0 Å². The molecular weight excluding hydrogens is 1120 g/mol. The third-order valence-electron chi connectivity index (χ3n) is 14.0. The van der Waals surface area contributed by atoms with E-state index in [4.69, 9.17) is 11.5 Å². The summed E-state index contributed by atoms with van der Waals surface area (Å²) in [6.45, 7) is 10.1. The number of benzene rings is 3. The fraction of sp³-hybridized carbons (Fsp3) is 0.475. The van der Waals surface area contributed by atoms with Gasteiger partial charge in [-0.3, -0.25) is 47.9 Å². The number of phenols is 1. The van der Waals surface area contributed by atoms with E-state index in [1.165, 1.54) is 36.0 Å². The van der Waals surface area contributed by atoms with E-state index in [9.17, 15) is 68.1 Å². The van der Waals surface area contributed by atoms with Gasteiger partial charge in [0.15, 0.2) is 0 Å². The van der Waals surface area contributed by atoms with Crippen LogP contribution in [0.15, 0.2) is 85.1 Å². The molecule has 3 aromatic carbocycles. The lowest BCUT2D eigenvalue weighted by molar-refractivity contribution is -0.142. The monoisotopic (exact) mass is 1200 g/mol. The third kappa shape index (κ3) is 22.2. The molecule has 4 rings (SSSR count). The number of phenolic OH excluding ortho intramolecular Hbond substituents is 1. The van der Waals surface area contributed by atoms with Crippen LogP contribution in [0.2, 0.25) is 0 Å². The molecule has 0 unspecified atom stereocenters. The molecule has 0 bridgehead atoms. The number of hydrogen-bond donors (Lipinski definition) is 14. The molecule has 462 valence electrons. The van der Waals surface area contributed by atoms with E-state index in [-0.39, 0.29) is 43.8 Å². The molecule has 4 aromatic rings. The summed E-state index contributed by atoms with van der Waals surface area (Å²) in [5.74, 6) is -12.2. The van der Waals surface area contributed by atoms with Crippen LogP contribution in [0.3, 0.4) is 0 Å². The molecule has 16 N–H and O–H groups in total. The maximum Gasteiger partial charge on any atom is 0.326 e. The summed E-state index contributed by atoms with van der Waals surface area (Å²) in [6, 6.07) is 8.35. The van der Waals surface area contributed by atoms with E-state index < -0.39 is 144 Å². The number of amides is 9. The molecule has 0 aliphatic carbocycles. The van der Waals surface area contributed by atoms with Crippen molar-refractivity contribution in [2.45, 2.75) is 147 Å². The van der Waals surface area contributed by atoms with Crippen LogP contribution in [0.5, 0.6) is 5.75 Å². The Morgan fingerprint density at radius 2 is 1.04 bits per heavy atom. The Balaban J connectivity index is 1.63. The number of aromatic hydroxyl groups is 1. The van der Waals surface area contributed by atoms with Gasteiger partial charge in [0, 0.05) is 36.4 Å². The standard InChI is InChI=1S/C59H81N11O14S/c1-8-33(6)50(70-51(75)39(60)28-47(61)72)58(82)67-43(26-35-18-20-37(71)21-19-35)53(77)66-46(29-48(73)74)55(79)64-42(24-31(2)3)52(76)65-44(25-34-14-10-9-11-15-34)56(80)69-49(32(4)5)57(81)68-45(54(78)63-41(59(83)84)22-23-85-7)27-36-30-62-40-17-13-12-16-38(36)40/h9-21,30-33,39,41-46,49-50,62,71H,8,22-29,60H2,1-7H3,(H2,61,72)(H,63,78)(H,64,79)(H,65,76)(H,66,77)(H,67,82)(H,68,81)(H,69,80)(H,70,75)(H,73,74)(H,83,84)/t33-,39-,41-,42-,43-,44-,45-,46-,49-,50-/m0/s1. The Bertz CT molecular complexity index is 2960. The summed E-state index contributed by atoms with van der Waals surface area (Å²) in [7, 11) is 0. The van der Waals surface area contributed by atoms with E-state index in [1.54, 1.807) is 90.4 Å². The van der Waals surface area contributed by atoms with Crippen LogP contribution in [0, 0.1) is 17.8 Å². The summed E-state index contributed by atoms with van der Waals surface area (Å²) in [4.78, 5) is 153. The number of rotatable bonds is 35. The number of carboxylic acids is 2. The number of nitrogens with two attached hydrogens (primary N) is 2. The van der Waals surface area contributed by atoms with Crippen LogP contribution in [0.25, 0.3) is 10.9 Å². The van der Waals surface area contributed by atoms with Gasteiger partial charge in [-0.25, -0.2) is 4.79 Å². The Kier molecular flexibility index (Phi) is 27.3. The first-order chi connectivity index (χ1) is 40.2. The third-order valence-corrected chi connectivity index (χ3v) is 14.7. The van der Waals surface area contributed by atoms with Gasteiger partial charge in [0.25, 0.3) is 0 Å². The highest BCUT2D eigenvalue weighted by atomic mass is 32.2. The summed E-state index contributed by atoms with van der Waals surface area (Å²) in [5, 5.41) is 51.5. The molecule has 25 nitrogen and oxygen atoms in total. The van der Waals surface area contributed by atoms with Gasteiger partial charge in [0.05, 0.1) is 18.9 Å². The minimum Gasteiger partial charge on any atom is -0.508 e. The van der Waals surface area contributed by atoms with Gasteiger partial charge < -0.3 is 74.3 Å². The normalized spacial score (nSPS) is 14.8. The highest BCUT2D eigenvalue weighted by Crippen LogP contribution is 2.21. The number of carboxylic acid groups (broad SMARTS) is 2. The molecule has 1 aromatic heterocycles. The smallest absolute Gasteiger partial charge is 0.326 e. The molecule has 9 amide bonds. The van der Waals surface area contributed by atoms with E-state index in [0.717, 1.165) is 10.9 Å². The van der Waals surface area contributed by atoms with Crippen molar-refractivity contribution < 1.29 is 68.1 Å². The molecule has 0 aliphatic heterocycles. The summed E-state index contributed by atoms with van der Waals surface area (Å²) in [6.07, 6.45) is 1.80. The summed E-state index contributed by atoms with van der Waals surface area (Å²) in [5.41, 5.74) is 13.5. The average molecular weight is 1200 g/mol. The Morgan fingerprint density at radius 1 is 0.553 bits per heavy atom. The number of nitrogens with one attached hydrogen (secondary N) is 9. The van der Waals surface area contributed by atoms with Gasteiger partial charge in [-0.15, -0.1) is 0 Å². The second-order valence-electron chi connectivity index (χ2n) is 21.7. The van der Waals surface area contributed by atoms with Crippen LogP contribution < -0.4 is 54.0 Å². The topological polar surface area (TPSA) is 413 Å². The lowest BCUT2D eigenvalue weighted by atomic mass is 9.96. The van der Waals surface area contributed by atoms with E-state index in [1.807, 2.05) is 18.2 Å². The molecule has 0 fully saturated rings. The van der Waals surface area contributed by atoms with Crippen LogP contribution in [0.1, 0.15) is 90.3 Å². The van der Waals surface area contributed by atoms with E-state index >= 15 is 0 Å². The first kappa shape index (κ1) is 69.0. The quantitative estimate of drug-likeness (QED) is 0.0306. The second kappa shape index (κ2) is 33.7. The Morgan fingerprint density at radius 3 is 1.59 bits per heavy atom. The van der Waals surface area contributed by atoms with Crippen molar-refractivity contribution in [2.24, 2.45) is 29.2 Å². The number of primary amides is 1. The lowest BCUT2D eigenvalue weighted by Gasteiger charge is -2.29. The predicted molar refractivity (Wildman–Crippen MR) is 318 cm³/mol. The highest BCUT2D eigenvalue weighted by Gasteiger charge is 2.37. The van der Waals surface area contributed by atoms with Gasteiger partial charge >= 0.3 is 11.9 Å². The molecular formula is C59H81N11O14S. The van der Waals surface area contributed by atoms with Crippen LogP contribution in [-0.4, -0.2) is 152 Å². The minimum atomic E-state index is -1.88. The fourth-order valence-electron chi connectivity index (χ4n) is 9.12. The molecule has 0 saturated heterocycles. The number of carbonyl (C=O) groups is 11. The maximum atomic E-state index is 14.6. The number of H-pyrrole nitrogens is 1. The molecule has 0 spiro atoms. The van der Waals surface area contributed by atoms with Crippen molar-refractivity contribution in [3.8, 4) is 5.75 Å². The number of fused-ring (bicyclic) bond motifs is 1. The SMILES string of the molecule is CC[C@H](C)[C@H](NC(=O)[C@@H](N)CC(N)=O)C(=O)N[C@@H](Cc1ccc(O)cc1)C(=O)N[C@@H](CC(=O)O)C(=O)N[C@@H](CC(C)C)C(=O)N[C@@H](Cc1ccccc1)C(=O)N[C@H](C(=O)N[C@@H](Cc1c[nH]c2ccccc12)C(=O)N[C@@H](CCSC)C(=O)O)C(C)C. The van der Waals surface area contributed by atoms with Crippen molar-refractivity contribution in [1.82, 2.24) is 47.5 Å². The molecule has 0 aliphatic rings. The van der Waals surface area contributed by atoms with Gasteiger partial charge in [0.1, 0.15) is 54.1 Å². The first-order valence-corrected chi connectivity index (χ1v) is 29.4. The van der Waals surface area contributed by atoms with Crippen molar-refractivity contribution in [3.05, 3.63) is 102 Å². The average Bonchev–Trinajstić information content (AvgIpc) is 4.00. The minimum absolute atomic E-state index is 0.0732. The zero-order chi connectivity index (χ0) is 63.1. The van der Waals surface area contributed by atoms with Gasteiger partial charge in [-0.05, 0) is 77.5 Å². The number of carbonyl (C=O) groups excluding carboxylic acids is 9. The number of thioether (sulfide) groups is 1. The van der Waals surface area contributed by atoms with Gasteiger partial charge in [-0.1, -0.05) is 109 Å². The van der Waals surface area contributed by atoms with E-state index in [2.05, 4.69) is 47.5 Å². The molecule has 0 radical (unpaired) electrons. The van der Waals surface area contributed by atoms with Crippen LogP contribution in [-0.2, 0) is 72.0 Å². The number of aromatic amines is 1. The highest BCUT2D eigenvalue weighted by molar-refractivity contribution is 7.98. The number of aromatic nitrogens is 1. The summed E-state index contributed by atoms with van der Waals surface area (Å²) >= 11 is 1.39. The number of aliphatic carboxylic acids is 2. The maximum absolute atomic E-state index is 14.6. The van der Waals surface area contributed by atoms with E-state index in [0.29, 0.717) is 28.9 Å². The molecule has 0 saturated carbocycles. The zero-order valence-electron chi connectivity index (χ0n) is 48.8. The summed E-state index contributed by atoms with van der Waals surface area (Å²) < 4.78 is 0. The van der Waals surface area contributed by atoms with Gasteiger partial charge in [-0.2, -0.15) is 11.8 Å². The number of para-hydroxylation sites is 1. The lowest BCUT2D eigenvalue weighted by Crippen LogP contribution is -2.62. The Labute approximate surface area is 497 Å². The largest absolute Gasteiger partial charge is 0.508 e. The van der Waals surface area contributed by atoms with Crippen molar-refractivity contribution in [3.63, 3.8) is 0 Å². The molecule has 85 heavy (non-hydrogen) atoms. The molecule has 1 heterocycles.